The molecule has 0 unspecified atom stereocenters. The summed E-state index contributed by atoms with van der Waals surface area (Å²) >= 11 is 0. The van der Waals surface area contributed by atoms with Gasteiger partial charge in [0.25, 0.3) is 0 Å². The lowest BCUT2D eigenvalue weighted by molar-refractivity contribution is -0.0776. The lowest BCUT2D eigenvalue weighted by atomic mass is 9.92. The van der Waals surface area contributed by atoms with E-state index in [0.29, 0.717) is 26.4 Å². The molecule has 4 heteroatoms. The van der Waals surface area contributed by atoms with Gasteiger partial charge in [-0.3, -0.25) is 0 Å². The van der Waals surface area contributed by atoms with Crippen LogP contribution in [-0.2, 0) is 9.47 Å². The summed E-state index contributed by atoms with van der Waals surface area (Å²) in [5.41, 5.74) is -0.689. The quantitative estimate of drug-likeness (QED) is 0.0523. The highest BCUT2D eigenvalue weighted by Crippen LogP contribution is 2.18. The second-order valence-corrected chi connectivity index (χ2v) is 13.8. The molecule has 0 aromatic carbocycles. The summed E-state index contributed by atoms with van der Waals surface area (Å²) in [4.78, 5) is 0. The molecule has 4 nitrogen and oxygen atoms in total. The minimum Gasteiger partial charge on any atom is -0.396 e. The predicted molar refractivity (Wildman–Crippen MR) is 197 cm³/mol. The Kier molecular flexibility index (Phi) is 37.2. The second-order valence-electron chi connectivity index (χ2n) is 13.8. The third-order valence-corrected chi connectivity index (χ3v) is 9.09. The van der Waals surface area contributed by atoms with E-state index in [1.807, 2.05) is 0 Å². The molecule has 2 N–H and O–H groups in total. The summed E-state index contributed by atoms with van der Waals surface area (Å²) in [5.74, 6) is 0. The van der Waals surface area contributed by atoms with Crippen LogP contribution in [0.15, 0.2) is 24.3 Å². The molecule has 0 aliphatic rings. The molecule has 0 fully saturated rings. The summed E-state index contributed by atoms with van der Waals surface area (Å²) in [7, 11) is 0. The Balaban J connectivity index is 3.55. The minimum absolute atomic E-state index is 0.107. The van der Waals surface area contributed by atoms with E-state index in [1.165, 1.54) is 167 Å². The van der Waals surface area contributed by atoms with Gasteiger partial charge in [-0.1, -0.05) is 154 Å². The highest BCUT2D eigenvalue weighted by Gasteiger charge is 2.29. The van der Waals surface area contributed by atoms with Crippen LogP contribution in [0.2, 0.25) is 0 Å². The van der Waals surface area contributed by atoms with E-state index in [-0.39, 0.29) is 13.2 Å². The molecule has 0 rings (SSSR count). The number of aliphatic hydroxyl groups is 2. The molecule has 45 heavy (non-hydrogen) atoms. The van der Waals surface area contributed by atoms with Crippen molar-refractivity contribution in [3.63, 3.8) is 0 Å². The highest BCUT2D eigenvalue weighted by atomic mass is 16.5. The fourth-order valence-corrected chi connectivity index (χ4v) is 5.75. The lowest BCUT2D eigenvalue weighted by Gasteiger charge is -2.29. The van der Waals surface area contributed by atoms with Gasteiger partial charge < -0.3 is 19.7 Å². The summed E-state index contributed by atoms with van der Waals surface area (Å²) in [6, 6.07) is 0. The average Bonchev–Trinajstić information content (AvgIpc) is 3.06. The molecule has 0 saturated heterocycles. The van der Waals surface area contributed by atoms with E-state index in [1.54, 1.807) is 0 Å². The Labute approximate surface area is 282 Å². The Morgan fingerprint density at radius 2 is 0.644 bits per heavy atom. The third kappa shape index (κ3) is 33.0. The van der Waals surface area contributed by atoms with Gasteiger partial charge in [0.1, 0.15) is 0 Å². The van der Waals surface area contributed by atoms with E-state index in [9.17, 15) is 10.2 Å². The zero-order valence-electron chi connectivity index (χ0n) is 30.6. The first-order valence-corrected chi connectivity index (χ1v) is 19.9. The van der Waals surface area contributed by atoms with Crippen LogP contribution in [0, 0.1) is 5.41 Å². The van der Waals surface area contributed by atoms with Gasteiger partial charge in [-0.15, -0.1) is 0 Å². The number of hydrogen-bond acceptors (Lipinski definition) is 4. The van der Waals surface area contributed by atoms with Crippen LogP contribution in [0.3, 0.4) is 0 Å². The minimum atomic E-state index is -0.689. The second kappa shape index (κ2) is 37.8. The van der Waals surface area contributed by atoms with Gasteiger partial charge in [0.15, 0.2) is 0 Å². The standard InChI is InChI=1S/C41H80O4/c1-3-5-7-9-11-13-15-17-19-21-23-25-27-29-31-33-35-44-39-41(37-42,38-43)40-45-36-34-32-30-28-26-24-22-20-18-16-14-12-10-8-6-4-2/h17-20,42-43H,3-16,21-40H2,1-2H3. The summed E-state index contributed by atoms with van der Waals surface area (Å²) < 4.78 is 11.7. The number of hydrogen-bond donors (Lipinski definition) is 2. The summed E-state index contributed by atoms with van der Waals surface area (Å²) in [6.07, 6.45) is 45.9. The molecule has 0 amide bonds. The van der Waals surface area contributed by atoms with Gasteiger partial charge in [0, 0.05) is 13.2 Å². The van der Waals surface area contributed by atoms with E-state index in [2.05, 4.69) is 38.2 Å². The molecule has 0 atom stereocenters. The molecule has 0 aliphatic heterocycles. The van der Waals surface area contributed by atoms with E-state index < -0.39 is 5.41 Å². The average molecular weight is 637 g/mol. The fraction of sp³-hybridized carbons (Fsp3) is 0.902. The molecule has 0 saturated carbocycles. The maximum atomic E-state index is 9.93. The van der Waals surface area contributed by atoms with Gasteiger partial charge in [-0.2, -0.15) is 0 Å². The normalized spacial score (nSPS) is 12.4. The van der Waals surface area contributed by atoms with Crippen molar-refractivity contribution in [2.45, 2.75) is 194 Å². The predicted octanol–water partition coefficient (Wildman–Crippen LogP) is 12.1. The Morgan fingerprint density at radius 3 is 0.933 bits per heavy atom. The molecule has 0 heterocycles. The smallest absolute Gasteiger partial charge is 0.0632 e. The summed E-state index contributed by atoms with van der Waals surface area (Å²) in [5, 5.41) is 19.9. The monoisotopic (exact) mass is 637 g/mol. The van der Waals surface area contributed by atoms with Crippen LogP contribution < -0.4 is 0 Å². The maximum absolute atomic E-state index is 9.93. The molecule has 268 valence electrons. The molecular weight excluding hydrogens is 556 g/mol. The third-order valence-electron chi connectivity index (χ3n) is 9.09. The van der Waals surface area contributed by atoms with Gasteiger partial charge in [-0.05, 0) is 64.2 Å². The van der Waals surface area contributed by atoms with Crippen LogP contribution in [0.4, 0.5) is 0 Å². The number of allylic oxidation sites excluding steroid dienone is 4. The maximum Gasteiger partial charge on any atom is 0.0632 e. The molecule has 0 bridgehead atoms. The van der Waals surface area contributed by atoms with E-state index in [4.69, 9.17) is 9.47 Å². The van der Waals surface area contributed by atoms with Crippen molar-refractivity contribution < 1.29 is 19.7 Å². The molecule has 0 aliphatic carbocycles. The van der Waals surface area contributed by atoms with Gasteiger partial charge >= 0.3 is 0 Å². The van der Waals surface area contributed by atoms with Crippen molar-refractivity contribution in [1.29, 1.82) is 0 Å². The Hall–Kier alpha value is -0.680. The first-order valence-electron chi connectivity index (χ1n) is 19.9. The molecule has 0 spiro atoms. The van der Waals surface area contributed by atoms with Crippen LogP contribution >= 0.6 is 0 Å². The molecular formula is C41H80O4. The number of ether oxygens (including phenoxy) is 2. The van der Waals surface area contributed by atoms with Crippen LogP contribution in [0.25, 0.3) is 0 Å². The Morgan fingerprint density at radius 1 is 0.378 bits per heavy atom. The van der Waals surface area contributed by atoms with Gasteiger partial charge in [0.05, 0.1) is 31.8 Å². The Bertz CT molecular complexity index is 550. The SMILES string of the molecule is CCCCCCCCC=CCCCCCCCCOCC(CO)(CO)COCCCCCCCCC=CCCCCCCCC. The number of rotatable bonds is 38. The van der Waals surface area contributed by atoms with Crippen LogP contribution in [0.5, 0.6) is 0 Å². The van der Waals surface area contributed by atoms with Crippen molar-refractivity contribution >= 4 is 0 Å². The zero-order valence-corrected chi connectivity index (χ0v) is 30.6. The van der Waals surface area contributed by atoms with Crippen molar-refractivity contribution in [1.82, 2.24) is 0 Å². The largest absolute Gasteiger partial charge is 0.396 e. The van der Waals surface area contributed by atoms with E-state index >= 15 is 0 Å². The van der Waals surface area contributed by atoms with Crippen LogP contribution in [-0.4, -0.2) is 49.9 Å². The number of aliphatic hydroxyl groups excluding tert-OH is 2. The van der Waals surface area contributed by atoms with Crippen molar-refractivity contribution in [2.24, 2.45) is 5.41 Å². The van der Waals surface area contributed by atoms with Crippen molar-refractivity contribution in [3.05, 3.63) is 24.3 Å². The molecule has 0 aromatic heterocycles. The first kappa shape index (κ1) is 44.3. The first-order chi connectivity index (χ1) is 22.2. The number of unbranched alkanes of at least 4 members (excludes halogenated alkanes) is 24. The topological polar surface area (TPSA) is 58.9 Å². The molecule has 0 radical (unpaired) electrons. The lowest BCUT2D eigenvalue weighted by Crippen LogP contribution is -2.40. The van der Waals surface area contributed by atoms with E-state index in [0.717, 1.165) is 12.8 Å². The van der Waals surface area contributed by atoms with Crippen LogP contribution in [0.1, 0.15) is 194 Å². The summed E-state index contributed by atoms with van der Waals surface area (Å²) in [6.45, 7) is 6.44. The highest BCUT2D eigenvalue weighted by molar-refractivity contribution is 4.82. The fourth-order valence-electron chi connectivity index (χ4n) is 5.75. The van der Waals surface area contributed by atoms with Crippen molar-refractivity contribution in [2.75, 3.05) is 39.6 Å². The van der Waals surface area contributed by atoms with Gasteiger partial charge in [0.2, 0.25) is 0 Å². The molecule has 0 aromatic rings. The van der Waals surface area contributed by atoms with Gasteiger partial charge in [-0.25, -0.2) is 0 Å². The zero-order chi connectivity index (χ0) is 32.8. The van der Waals surface area contributed by atoms with Crippen molar-refractivity contribution in [3.8, 4) is 0 Å².